The van der Waals surface area contributed by atoms with Gasteiger partial charge in [0.2, 0.25) is 5.91 Å². The molecule has 2 aromatic rings. The van der Waals surface area contributed by atoms with Crippen molar-refractivity contribution < 1.29 is 18.0 Å². The highest BCUT2D eigenvalue weighted by atomic mass is 35.5. The number of alkyl halides is 3. The van der Waals surface area contributed by atoms with Gasteiger partial charge in [0.15, 0.2) is 0 Å². The van der Waals surface area contributed by atoms with Gasteiger partial charge < -0.3 is 10.2 Å². The maximum absolute atomic E-state index is 12.8. The standard InChI is InChI=1S/C20H21ClF3N3O/c1-14-5-6-16(21)12-18(14)27-9-7-26(8-10-27)13-19(28)25-17-4-2-3-15(11-17)20(22,23)24/h2-6,11-12H,7-10,13H2,1H3,(H,25,28). The van der Waals surface area contributed by atoms with Gasteiger partial charge in [-0.2, -0.15) is 13.2 Å². The van der Waals surface area contributed by atoms with Crippen LogP contribution in [-0.2, 0) is 11.0 Å². The van der Waals surface area contributed by atoms with E-state index >= 15 is 0 Å². The number of halogens is 4. The van der Waals surface area contributed by atoms with E-state index in [0.29, 0.717) is 18.1 Å². The molecule has 0 bridgehead atoms. The van der Waals surface area contributed by atoms with E-state index in [-0.39, 0.29) is 18.1 Å². The zero-order valence-corrected chi connectivity index (χ0v) is 16.1. The molecular formula is C20H21ClF3N3O. The van der Waals surface area contributed by atoms with Crippen LogP contribution in [0.15, 0.2) is 42.5 Å². The van der Waals surface area contributed by atoms with Crippen LogP contribution in [0.2, 0.25) is 5.02 Å². The van der Waals surface area contributed by atoms with Crippen molar-refractivity contribution in [2.45, 2.75) is 13.1 Å². The molecule has 1 aliphatic heterocycles. The molecule has 1 amide bonds. The van der Waals surface area contributed by atoms with Crippen molar-refractivity contribution in [2.75, 3.05) is 42.9 Å². The third-order valence-electron chi connectivity index (χ3n) is 4.73. The lowest BCUT2D eigenvalue weighted by Gasteiger charge is -2.36. The predicted molar refractivity (Wildman–Crippen MR) is 105 cm³/mol. The molecule has 0 aliphatic carbocycles. The average Bonchev–Trinajstić information content (AvgIpc) is 2.64. The van der Waals surface area contributed by atoms with Crippen LogP contribution < -0.4 is 10.2 Å². The molecule has 4 nitrogen and oxygen atoms in total. The van der Waals surface area contributed by atoms with Gasteiger partial charge in [-0.25, -0.2) is 0 Å². The van der Waals surface area contributed by atoms with Gasteiger partial charge in [-0.15, -0.1) is 0 Å². The number of amides is 1. The first-order chi connectivity index (χ1) is 13.2. The smallest absolute Gasteiger partial charge is 0.369 e. The van der Waals surface area contributed by atoms with E-state index in [1.54, 1.807) is 0 Å². The Morgan fingerprint density at radius 3 is 2.50 bits per heavy atom. The van der Waals surface area contributed by atoms with Gasteiger partial charge in [0.25, 0.3) is 0 Å². The molecule has 1 fully saturated rings. The normalized spacial score (nSPS) is 15.5. The maximum Gasteiger partial charge on any atom is 0.416 e. The van der Waals surface area contributed by atoms with Crippen molar-refractivity contribution in [2.24, 2.45) is 0 Å². The lowest BCUT2D eigenvalue weighted by molar-refractivity contribution is -0.137. The minimum absolute atomic E-state index is 0.138. The SMILES string of the molecule is Cc1ccc(Cl)cc1N1CCN(CC(=O)Nc2cccc(C(F)(F)F)c2)CC1. The van der Waals surface area contributed by atoms with Crippen molar-refractivity contribution >= 4 is 28.9 Å². The summed E-state index contributed by atoms with van der Waals surface area (Å²) in [6, 6.07) is 10.4. The molecule has 1 heterocycles. The van der Waals surface area contributed by atoms with Crippen LogP contribution in [0.1, 0.15) is 11.1 Å². The summed E-state index contributed by atoms with van der Waals surface area (Å²) in [7, 11) is 0. The van der Waals surface area contributed by atoms with E-state index in [1.165, 1.54) is 12.1 Å². The number of aryl methyl sites for hydroxylation is 1. The summed E-state index contributed by atoms with van der Waals surface area (Å²) in [4.78, 5) is 16.4. The van der Waals surface area contributed by atoms with Crippen molar-refractivity contribution in [1.29, 1.82) is 0 Å². The van der Waals surface area contributed by atoms with Crippen molar-refractivity contribution in [3.05, 3.63) is 58.6 Å². The van der Waals surface area contributed by atoms with Crippen molar-refractivity contribution in [3.8, 4) is 0 Å². The minimum atomic E-state index is -4.43. The molecule has 8 heteroatoms. The van der Waals surface area contributed by atoms with Crippen LogP contribution in [0, 0.1) is 6.92 Å². The van der Waals surface area contributed by atoms with Gasteiger partial charge in [-0.05, 0) is 42.8 Å². The molecule has 150 valence electrons. The van der Waals surface area contributed by atoms with Gasteiger partial charge in [0.05, 0.1) is 12.1 Å². The van der Waals surface area contributed by atoms with Gasteiger partial charge in [-0.3, -0.25) is 9.69 Å². The number of anilines is 2. The van der Waals surface area contributed by atoms with E-state index in [4.69, 9.17) is 11.6 Å². The Balaban J connectivity index is 1.53. The Kier molecular flexibility index (Phi) is 6.15. The summed E-state index contributed by atoms with van der Waals surface area (Å²) in [5.41, 5.74) is 1.59. The Labute approximate surface area is 166 Å². The summed E-state index contributed by atoms with van der Waals surface area (Å²) < 4.78 is 38.3. The molecule has 0 aromatic heterocycles. The number of nitrogens with one attached hydrogen (secondary N) is 1. The monoisotopic (exact) mass is 411 g/mol. The van der Waals surface area contributed by atoms with Gasteiger partial charge in [0, 0.05) is 42.6 Å². The number of hydrogen-bond donors (Lipinski definition) is 1. The Morgan fingerprint density at radius 2 is 1.82 bits per heavy atom. The first kappa shape index (κ1) is 20.5. The van der Waals surface area contributed by atoms with Crippen LogP contribution in [0.5, 0.6) is 0 Å². The molecular weight excluding hydrogens is 391 g/mol. The van der Waals surface area contributed by atoms with Crippen molar-refractivity contribution in [1.82, 2.24) is 4.90 Å². The quantitative estimate of drug-likeness (QED) is 0.808. The van der Waals surface area contributed by atoms with Gasteiger partial charge in [0.1, 0.15) is 0 Å². The number of carbonyl (C=O) groups is 1. The summed E-state index contributed by atoms with van der Waals surface area (Å²) in [6.45, 7) is 5.03. The second kappa shape index (κ2) is 8.41. The second-order valence-corrected chi connectivity index (χ2v) is 7.26. The van der Waals surface area contributed by atoms with Gasteiger partial charge in [-0.1, -0.05) is 23.7 Å². The van der Waals surface area contributed by atoms with Crippen LogP contribution in [0.25, 0.3) is 0 Å². The van der Waals surface area contributed by atoms with Crippen LogP contribution in [-0.4, -0.2) is 43.5 Å². The van der Waals surface area contributed by atoms with Crippen LogP contribution in [0.4, 0.5) is 24.5 Å². The van der Waals surface area contributed by atoms with E-state index in [1.807, 2.05) is 30.0 Å². The lowest BCUT2D eigenvalue weighted by atomic mass is 10.1. The van der Waals surface area contributed by atoms with Crippen LogP contribution >= 0.6 is 11.6 Å². The Bertz CT molecular complexity index is 849. The number of nitrogens with zero attached hydrogens (tertiary/aromatic N) is 2. The summed E-state index contributed by atoms with van der Waals surface area (Å²) >= 11 is 6.09. The highest BCUT2D eigenvalue weighted by Gasteiger charge is 2.30. The molecule has 0 atom stereocenters. The average molecular weight is 412 g/mol. The molecule has 1 saturated heterocycles. The van der Waals surface area contributed by atoms with Crippen LogP contribution in [0.3, 0.4) is 0 Å². The molecule has 1 aliphatic rings. The molecule has 0 spiro atoms. The predicted octanol–water partition coefficient (Wildman–Crippen LogP) is 4.43. The van der Waals surface area contributed by atoms with E-state index in [0.717, 1.165) is 36.5 Å². The summed E-state index contributed by atoms with van der Waals surface area (Å²) in [5.74, 6) is -0.327. The topological polar surface area (TPSA) is 35.6 Å². The molecule has 1 N–H and O–H groups in total. The molecule has 2 aromatic carbocycles. The molecule has 28 heavy (non-hydrogen) atoms. The number of piperazine rings is 1. The lowest BCUT2D eigenvalue weighted by Crippen LogP contribution is -2.48. The first-order valence-corrected chi connectivity index (χ1v) is 9.31. The van der Waals surface area contributed by atoms with E-state index in [2.05, 4.69) is 10.2 Å². The highest BCUT2D eigenvalue weighted by Crippen LogP contribution is 2.30. The summed E-state index contributed by atoms with van der Waals surface area (Å²) in [5, 5.41) is 3.23. The molecule has 3 rings (SSSR count). The zero-order valence-electron chi connectivity index (χ0n) is 15.4. The highest BCUT2D eigenvalue weighted by molar-refractivity contribution is 6.30. The fourth-order valence-electron chi connectivity index (χ4n) is 3.25. The largest absolute Gasteiger partial charge is 0.416 e. The summed E-state index contributed by atoms with van der Waals surface area (Å²) in [6.07, 6.45) is -4.43. The molecule has 0 unspecified atom stereocenters. The number of rotatable bonds is 4. The minimum Gasteiger partial charge on any atom is -0.369 e. The maximum atomic E-state index is 12.8. The van der Waals surface area contributed by atoms with Crippen molar-refractivity contribution in [3.63, 3.8) is 0 Å². The number of carbonyl (C=O) groups excluding carboxylic acids is 1. The molecule has 0 radical (unpaired) electrons. The third kappa shape index (κ3) is 5.17. The second-order valence-electron chi connectivity index (χ2n) is 6.82. The Hall–Kier alpha value is -2.25. The fourth-order valence-corrected chi connectivity index (χ4v) is 3.41. The third-order valence-corrected chi connectivity index (χ3v) is 4.96. The van der Waals surface area contributed by atoms with Gasteiger partial charge >= 0.3 is 6.18 Å². The number of hydrogen-bond acceptors (Lipinski definition) is 3. The zero-order chi connectivity index (χ0) is 20.3. The first-order valence-electron chi connectivity index (χ1n) is 8.93. The Morgan fingerprint density at radius 1 is 1.11 bits per heavy atom. The van der Waals surface area contributed by atoms with E-state index in [9.17, 15) is 18.0 Å². The number of benzene rings is 2. The molecule has 0 saturated carbocycles. The fraction of sp³-hybridized carbons (Fsp3) is 0.350. The van der Waals surface area contributed by atoms with E-state index < -0.39 is 11.7 Å².